The topological polar surface area (TPSA) is 46.3 Å². The number of likely N-dealkylation sites (N-methyl/N-ethyl adjacent to an activating group) is 1. The Balaban J connectivity index is 2.53. The Morgan fingerprint density at radius 1 is 1.57 bits per heavy atom. The Bertz CT molecular complexity index is 209. The molecule has 1 aliphatic carbocycles. The maximum absolute atomic E-state index is 12.0. The second kappa shape index (κ2) is 4.30. The Kier molecular flexibility index (Phi) is 3.53. The number of hydrogen-bond donors (Lipinski definition) is 1. The smallest absolute Gasteiger partial charge is 0.242 e. The van der Waals surface area contributed by atoms with Crippen molar-refractivity contribution in [2.75, 3.05) is 7.05 Å². The number of nitrogens with two attached hydrogens (primary N) is 1. The highest BCUT2D eigenvalue weighted by molar-refractivity contribution is 5.85. The van der Waals surface area contributed by atoms with Gasteiger partial charge in [0, 0.05) is 13.1 Å². The van der Waals surface area contributed by atoms with E-state index in [-0.39, 0.29) is 5.91 Å². The van der Waals surface area contributed by atoms with Crippen LogP contribution in [0.15, 0.2) is 0 Å². The molecule has 3 heteroatoms. The van der Waals surface area contributed by atoms with Gasteiger partial charge in [0.05, 0.1) is 5.54 Å². The third-order valence-electron chi connectivity index (χ3n) is 3.20. The molecule has 1 unspecified atom stereocenters. The van der Waals surface area contributed by atoms with E-state index in [4.69, 9.17) is 5.73 Å². The molecule has 1 fully saturated rings. The lowest BCUT2D eigenvalue weighted by Gasteiger charge is -2.39. The number of amides is 1. The predicted octanol–water partition coefficient (Wildman–Crippen LogP) is 1.51. The predicted molar refractivity (Wildman–Crippen MR) is 57.9 cm³/mol. The number of nitrogens with zero attached hydrogens (tertiary/aromatic N) is 1. The molecule has 0 aromatic carbocycles. The van der Waals surface area contributed by atoms with E-state index in [9.17, 15) is 4.79 Å². The van der Waals surface area contributed by atoms with Crippen molar-refractivity contribution in [1.29, 1.82) is 0 Å². The van der Waals surface area contributed by atoms with Gasteiger partial charge in [-0.15, -0.1) is 0 Å². The minimum Gasteiger partial charge on any atom is -0.341 e. The van der Waals surface area contributed by atoms with Crippen molar-refractivity contribution < 1.29 is 4.79 Å². The third kappa shape index (κ3) is 2.27. The Morgan fingerprint density at radius 2 is 2.14 bits per heavy atom. The molecule has 82 valence electrons. The van der Waals surface area contributed by atoms with Gasteiger partial charge >= 0.3 is 0 Å². The highest BCUT2D eigenvalue weighted by Gasteiger charge is 2.34. The van der Waals surface area contributed by atoms with E-state index < -0.39 is 5.54 Å². The number of carbonyl (C=O) groups is 1. The lowest BCUT2D eigenvalue weighted by atomic mass is 9.89. The van der Waals surface area contributed by atoms with Crippen LogP contribution < -0.4 is 5.73 Å². The Hall–Kier alpha value is -0.570. The largest absolute Gasteiger partial charge is 0.341 e. The van der Waals surface area contributed by atoms with Crippen LogP contribution in [-0.2, 0) is 4.79 Å². The van der Waals surface area contributed by atoms with Crippen LogP contribution in [0.2, 0.25) is 0 Å². The summed E-state index contributed by atoms with van der Waals surface area (Å²) in [6, 6.07) is 0.447. The van der Waals surface area contributed by atoms with E-state index in [1.165, 1.54) is 6.42 Å². The monoisotopic (exact) mass is 198 g/mol. The standard InChI is InChI=1S/C11H22N2O/c1-4-8-11(2,12)10(14)13(3)9-6-5-7-9/h9H,4-8,12H2,1-3H3. The summed E-state index contributed by atoms with van der Waals surface area (Å²) in [4.78, 5) is 13.8. The van der Waals surface area contributed by atoms with Crippen LogP contribution in [0.4, 0.5) is 0 Å². The SMILES string of the molecule is CCCC(C)(N)C(=O)N(C)C1CCC1. The summed E-state index contributed by atoms with van der Waals surface area (Å²) >= 11 is 0. The van der Waals surface area contributed by atoms with Crippen LogP contribution in [0, 0.1) is 0 Å². The highest BCUT2D eigenvalue weighted by Crippen LogP contribution is 2.25. The fraction of sp³-hybridized carbons (Fsp3) is 0.909. The van der Waals surface area contributed by atoms with Crippen molar-refractivity contribution in [2.45, 2.75) is 57.5 Å². The van der Waals surface area contributed by atoms with Crippen LogP contribution in [0.25, 0.3) is 0 Å². The van der Waals surface area contributed by atoms with E-state index >= 15 is 0 Å². The summed E-state index contributed by atoms with van der Waals surface area (Å²) in [5.41, 5.74) is 5.33. The normalized spacial score (nSPS) is 21.1. The average molecular weight is 198 g/mol. The van der Waals surface area contributed by atoms with Gasteiger partial charge in [0.15, 0.2) is 0 Å². The second-order valence-corrected chi connectivity index (χ2v) is 4.67. The molecule has 0 radical (unpaired) electrons. The van der Waals surface area contributed by atoms with Crippen LogP contribution in [0.5, 0.6) is 0 Å². The molecule has 0 saturated heterocycles. The number of rotatable bonds is 4. The van der Waals surface area contributed by atoms with Gasteiger partial charge in [-0.2, -0.15) is 0 Å². The van der Waals surface area contributed by atoms with Crippen molar-refractivity contribution in [3.8, 4) is 0 Å². The molecule has 1 atom stereocenters. The van der Waals surface area contributed by atoms with E-state index in [1.807, 2.05) is 18.9 Å². The molecule has 1 amide bonds. The molecule has 0 aromatic rings. The van der Waals surface area contributed by atoms with Gasteiger partial charge in [-0.1, -0.05) is 13.3 Å². The van der Waals surface area contributed by atoms with Gasteiger partial charge in [0.2, 0.25) is 5.91 Å². The molecule has 0 heterocycles. The van der Waals surface area contributed by atoms with Crippen molar-refractivity contribution >= 4 is 5.91 Å². The molecular formula is C11H22N2O. The highest BCUT2D eigenvalue weighted by atomic mass is 16.2. The van der Waals surface area contributed by atoms with Gasteiger partial charge in [-0.05, 0) is 32.6 Å². The Morgan fingerprint density at radius 3 is 2.50 bits per heavy atom. The molecule has 2 N–H and O–H groups in total. The van der Waals surface area contributed by atoms with E-state index in [0.29, 0.717) is 6.04 Å². The first-order valence-electron chi connectivity index (χ1n) is 5.55. The maximum atomic E-state index is 12.0. The van der Waals surface area contributed by atoms with Crippen LogP contribution in [-0.4, -0.2) is 29.4 Å². The van der Waals surface area contributed by atoms with Crippen molar-refractivity contribution in [1.82, 2.24) is 4.90 Å². The molecule has 3 nitrogen and oxygen atoms in total. The van der Waals surface area contributed by atoms with Crippen LogP contribution in [0.1, 0.15) is 46.0 Å². The summed E-state index contributed by atoms with van der Waals surface area (Å²) in [5, 5.41) is 0. The van der Waals surface area contributed by atoms with Gasteiger partial charge in [-0.3, -0.25) is 4.79 Å². The quantitative estimate of drug-likeness (QED) is 0.744. The molecule has 1 saturated carbocycles. The summed E-state index contributed by atoms with van der Waals surface area (Å²) in [6.07, 6.45) is 5.26. The molecule has 0 spiro atoms. The van der Waals surface area contributed by atoms with Gasteiger partial charge in [-0.25, -0.2) is 0 Å². The number of hydrogen-bond acceptors (Lipinski definition) is 2. The second-order valence-electron chi connectivity index (χ2n) is 4.67. The van der Waals surface area contributed by atoms with E-state index in [0.717, 1.165) is 25.7 Å². The lowest BCUT2D eigenvalue weighted by molar-refractivity contribution is -0.139. The van der Waals surface area contributed by atoms with Gasteiger partial charge in [0.1, 0.15) is 0 Å². The maximum Gasteiger partial charge on any atom is 0.242 e. The fourth-order valence-corrected chi connectivity index (χ4v) is 1.97. The van der Waals surface area contributed by atoms with E-state index in [2.05, 4.69) is 6.92 Å². The van der Waals surface area contributed by atoms with Crippen molar-refractivity contribution in [3.63, 3.8) is 0 Å². The minimum absolute atomic E-state index is 0.101. The molecule has 0 aromatic heterocycles. The zero-order valence-electron chi connectivity index (χ0n) is 9.55. The Labute approximate surface area is 86.6 Å². The molecule has 1 aliphatic rings. The van der Waals surface area contributed by atoms with Crippen molar-refractivity contribution in [2.24, 2.45) is 5.73 Å². The fourth-order valence-electron chi connectivity index (χ4n) is 1.97. The summed E-state index contributed by atoms with van der Waals surface area (Å²) in [7, 11) is 1.88. The van der Waals surface area contributed by atoms with E-state index in [1.54, 1.807) is 0 Å². The van der Waals surface area contributed by atoms with Gasteiger partial charge in [0.25, 0.3) is 0 Å². The molecule has 1 rings (SSSR count). The van der Waals surface area contributed by atoms with Gasteiger partial charge < -0.3 is 10.6 Å². The summed E-state index contributed by atoms with van der Waals surface area (Å²) in [6.45, 7) is 3.90. The first kappa shape index (κ1) is 11.5. The lowest BCUT2D eigenvalue weighted by Crippen LogP contribution is -2.55. The minimum atomic E-state index is -0.668. The zero-order chi connectivity index (χ0) is 10.8. The molecular weight excluding hydrogens is 176 g/mol. The zero-order valence-corrected chi connectivity index (χ0v) is 9.55. The molecule has 0 aliphatic heterocycles. The third-order valence-corrected chi connectivity index (χ3v) is 3.20. The molecule has 0 bridgehead atoms. The van der Waals surface area contributed by atoms with Crippen molar-refractivity contribution in [3.05, 3.63) is 0 Å². The van der Waals surface area contributed by atoms with Crippen LogP contribution >= 0.6 is 0 Å². The summed E-state index contributed by atoms with van der Waals surface area (Å²) in [5.74, 6) is 0.101. The first-order valence-corrected chi connectivity index (χ1v) is 5.55. The summed E-state index contributed by atoms with van der Waals surface area (Å²) < 4.78 is 0. The molecule has 14 heavy (non-hydrogen) atoms. The first-order chi connectivity index (χ1) is 6.49. The average Bonchev–Trinajstić information content (AvgIpc) is 1.99. The number of carbonyl (C=O) groups excluding carboxylic acids is 1. The van der Waals surface area contributed by atoms with Crippen LogP contribution in [0.3, 0.4) is 0 Å².